The number of anilines is 1. The van der Waals surface area contributed by atoms with Crippen molar-refractivity contribution in [2.75, 3.05) is 24.6 Å². The predicted octanol–water partition coefficient (Wildman–Crippen LogP) is 1.25. The van der Waals surface area contributed by atoms with Crippen LogP contribution in [0.4, 0.5) is 5.69 Å². The van der Waals surface area contributed by atoms with E-state index in [1.807, 2.05) is 20.8 Å². The third-order valence-electron chi connectivity index (χ3n) is 4.66. The van der Waals surface area contributed by atoms with Crippen molar-refractivity contribution in [1.29, 1.82) is 0 Å². The normalized spacial score (nSPS) is 14.7. The summed E-state index contributed by atoms with van der Waals surface area (Å²) in [6.45, 7) is 5.78. The number of ether oxygens (including phenoxy) is 1. The van der Waals surface area contributed by atoms with E-state index in [1.54, 1.807) is 29.2 Å². The molecule has 0 unspecified atom stereocenters. The Hall–Kier alpha value is -2.90. The van der Waals surface area contributed by atoms with Gasteiger partial charge in [0.05, 0.1) is 0 Å². The summed E-state index contributed by atoms with van der Waals surface area (Å²) in [6, 6.07) is 6.59. The van der Waals surface area contributed by atoms with Crippen LogP contribution in [0.2, 0.25) is 0 Å². The SMILES string of the molecule is CC(C)[C@H](C)NC(=O)COC(=O)CNC(=O)c1ccc(N2CCCC2=O)cc1. The van der Waals surface area contributed by atoms with Crippen molar-refractivity contribution in [3.8, 4) is 0 Å². The number of nitrogens with one attached hydrogen (secondary N) is 2. The zero-order valence-electron chi connectivity index (χ0n) is 16.5. The van der Waals surface area contributed by atoms with Crippen LogP contribution in [-0.2, 0) is 19.1 Å². The van der Waals surface area contributed by atoms with Crippen LogP contribution in [-0.4, -0.2) is 49.4 Å². The molecule has 1 aliphatic heterocycles. The van der Waals surface area contributed by atoms with Crippen LogP contribution in [0.15, 0.2) is 24.3 Å². The fraction of sp³-hybridized carbons (Fsp3) is 0.500. The van der Waals surface area contributed by atoms with E-state index in [9.17, 15) is 19.2 Å². The van der Waals surface area contributed by atoms with Crippen molar-refractivity contribution < 1.29 is 23.9 Å². The molecule has 2 rings (SSSR count). The molecular weight excluding hydrogens is 362 g/mol. The Labute approximate surface area is 164 Å². The molecular formula is C20H27N3O5. The van der Waals surface area contributed by atoms with Gasteiger partial charge in [-0.25, -0.2) is 0 Å². The molecule has 1 aliphatic rings. The second-order valence-corrected chi connectivity index (χ2v) is 7.14. The first-order chi connectivity index (χ1) is 13.3. The monoisotopic (exact) mass is 389 g/mol. The number of benzene rings is 1. The lowest BCUT2D eigenvalue weighted by atomic mass is 10.1. The van der Waals surface area contributed by atoms with Gasteiger partial charge in [0, 0.05) is 30.3 Å². The maximum absolute atomic E-state index is 12.1. The van der Waals surface area contributed by atoms with E-state index < -0.39 is 11.9 Å². The molecule has 3 amide bonds. The molecule has 0 aromatic heterocycles. The number of carbonyl (C=O) groups is 4. The summed E-state index contributed by atoms with van der Waals surface area (Å²) in [5, 5.41) is 5.18. The van der Waals surface area contributed by atoms with E-state index in [1.165, 1.54) is 0 Å². The molecule has 0 saturated carbocycles. The quantitative estimate of drug-likeness (QED) is 0.651. The van der Waals surface area contributed by atoms with Crippen LogP contribution >= 0.6 is 0 Å². The molecule has 1 saturated heterocycles. The van der Waals surface area contributed by atoms with Crippen molar-refractivity contribution in [3.63, 3.8) is 0 Å². The summed E-state index contributed by atoms with van der Waals surface area (Å²) in [6.07, 6.45) is 1.37. The van der Waals surface area contributed by atoms with Crippen molar-refractivity contribution >= 4 is 29.4 Å². The minimum atomic E-state index is -0.694. The highest BCUT2D eigenvalue weighted by atomic mass is 16.5. The predicted molar refractivity (Wildman–Crippen MR) is 104 cm³/mol. The average Bonchev–Trinajstić information content (AvgIpc) is 3.10. The van der Waals surface area contributed by atoms with Gasteiger partial charge in [-0.1, -0.05) is 13.8 Å². The maximum Gasteiger partial charge on any atom is 0.325 e. The van der Waals surface area contributed by atoms with Gasteiger partial charge >= 0.3 is 5.97 Å². The molecule has 1 fully saturated rings. The fourth-order valence-electron chi connectivity index (χ4n) is 2.63. The van der Waals surface area contributed by atoms with Crippen LogP contribution in [0.1, 0.15) is 44.0 Å². The summed E-state index contributed by atoms with van der Waals surface area (Å²) < 4.78 is 4.86. The van der Waals surface area contributed by atoms with Crippen molar-refractivity contribution in [2.45, 2.75) is 39.7 Å². The maximum atomic E-state index is 12.1. The van der Waals surface area contributed by atoms with Crippen LogP contribution in [0.5, 0.6) is 0 Å². The third-order valence-corrected chi connectivity index (χ3v) is 4.66. The Kier molecular flexibility index (Phi) is 7.54. The third kappa shape index (κ3) is 6.07. The Morgan fingerprint density at radius 1 is 1.14 bits per heavy atom. The number of amides is 3. The first-order valence-corrected chi connectivity index (χ1v) is 9.41. The van der Waals surface area contributed by atoms with Crippen molar-refractivity contribution in [3.05, 3.63) is 29.8 Å². The highest BCUT2D eigenvalue weighted by Crippen LogP contribution is 2.21. The number of hydrogen-bond donors (Lipinski definition) is 2. The Morgan fingerprint density at radius 2 is 1.82 bits per heavy atom. The van der Waals surface area contributed by atoms with Gasteiger partial charge in [0.15, 0.2) is 6.61 Å². The van der Waals surface area contributed by atoms with Crippen molar-refractivity contribution in [1.82, 2.24) is 10.6 Å². The minimum absolute atomic E-state index is 0.0234. The highest BCUT2D eigenvalue weighted by Gasteiger charge is 2.21. The lowest BCUT2D eigenvalue weighted by molar-refractivity contribution is -0.147. The highest BCUT2D eigenvalue weighted by molar-refractivity contribution is 5.98. The van der Waals surface area contributed by atoms with Gasteiger partial charge in [-0.3, -0.25) is 19.2 Å². The summed E-state index contributed by atoms with van der Waals surface area (Å²) in [5.74, 6) is -1.16. The first kappa shape index (κ1) is 21.4. The summed E-state index contributed by atoms with van der Waals surface area (Å²) in [5.41, 5.74) is 1.12. The van der Waals surface area contributed by atoms with E-state index in [0.29, 0.717) is 18.5 Å². The molecule has 2 N–H and O–H groups in total. The zero-order valence-corrected chi connectivity index (χ0v) is 16.5. The van der Waals surface area contributed by atoms with Gasteiger partial charge in [-0.2, -0.15) is 0 Å². The number of carbonyl (C=O) groups excluding carboxylic acids is 4. The largest absolute Gasteiger partial charge is 0.454 e. The van der Waals surface area contributed by atoms with Gasteiger partial charge in [0.2, 0.25) is 5.91 Å². The summed E-state index contributed by atoms with van der Waals surface area (Å²) in [4.78, 5) is 48.9. The van der Waals surface area contributed by atoms with E-state index in [2.05, 4.69) is 10.6 Å². The van der Waals surface area contributed by atoms with Gasteiger partial charge in [-0.15, -0.1) is 0 Å². The standard InChI is InChI=1S/C20H27N3O5/c1-13(2)14(3)22-17(24)12-28-19(26)11-21-20(27)15-6-8-16(9-7-15)23-10-4-5-18(23)25/h6-9,13-14H,4-5,10-12H2,1-3H3,(H,21,27)(H,22,24)/t14-/m0/s1. The van der Waals surface area contributed by atoms with Gasteiger partial charge in [0.25, 0.3) is 11.8 Å². The number of esters is 1. The molecule has 0 aliphatic carbocycles. The Morgan fingerprint density at radius 3 is 2.39 bits per heavy atom. The molecule has 8 nitrogen and oxygen atoms in total. The van der Waals surface area contributed by atoms with Gasteiger partial charge < -0.3 is 20.3 Å². The van der Waals surface area contributed by atoms with E-state index in [-0.39, 0.29) is 36.9 Å². The average molecular weight is 389 g/mol. The van der Waals surface area contributed by atoms with Crippen LogP contribution in [0, 0.1) is 5.92 Å². The molecule has 1 atom stereocenters. The fourth-order valence-corrected chi connectivity index (χ4v) is 2.63. The van der Waals surface area contributed by atoms with Gasteiger partial charge in [0.1, 0.15) is 6.54 Å². The van der Waals surface area contributed by atoms with E-state index in [0.717, 1.165) is 12.1 Å². The molecule has 0 spiro atoms. The number of rotatable bonds is 8. The minimum Gasteiger partial charge on any atom is -0.454 e. The summed E-state index contributed by atoms with van der Waals surface area (Å²) in [7, 11) is 0. The van der Waals surface area contributed by atoms with Crippen LogP contribution in [0.25, 0.3) is 0 Å². The molecule has 1 aromatic rings. The molecule has 0 bridgehead atoms. The molecule has 152 valence electrons. The lowest BCUT2D eigenvalue weighted by Crippen LogP contribution is -2.39. The number of nitrogens with zero attached hydrogens (tertiary/aromatic N) is 1. The van der Waals surface area contributed by atoms with Gasteiger partial charge in [-0.05, 0) is 43.5 Å². The second-order valence-electron chi connectivity index (χ2n) is 7.14. The summed E-state index contributed by atoms with van der Waals surface area (Å²) >= 11 is 0. The molecule has 28 heavy (non-hydrogen) atoms. The van der Waals surface area contributed by atoms with E-state index >= 15 is 0 Å². The topological polar surface area (TPSA) is 105 Å². The molecule has 0 radical (unpaired) electrons. The molecule has 1 heterocycles. The zero-order chi connectivity index (χ0) is 20.7. The first-order valence-electron chi connectivity index (χ1n) is 9.41. The van der Waals surface area contributed by atoms with Crippen LogP contribution < -0.4 is 15.5 Å². The van der Waals surface area contributed by atoms with E-state index in [4.69, 9.17) is 4.74 Å². The number of hydrogen-bond acceptors (Lipinski definition) is 5. The molecule has 1 aromatic carbocycles. The smallest absolute Gasteiger partial charge is 0.325 e. The molecule has 8 heteroatoms. The lowest BCUT2D eigenvalue weighted by Gasteiger charge is -2.17. The Balaban J connectivity index is 1.74. The van der Waals surface area contributed by atoms with Crippen LogP contribution in [0.3, 0.4) is 0 Å². The Bertz CT molecular complexity index is 730. The van der Waals surface area contributed by atoms with Crippen molar-refractivity contribution in [2.24, 2.45) is 5.92 Å². The second kappa shape index (κ2) is 9.87.